The zero-order valence-corrected chi connectivity index (χ0v) is 10.7. The van der Waals surface area contributed by atoms with Crippen LogP contribution in [-0.2, 0) is 14.3 Å². The van der Waals surface area contributed by atoms with E-state index >= 15 is 0 Å². The maximum Gasteiger partial charge on any atom is 0.306 e. The quantitative estimate of drug-likeness (QED) is 0.613. The number of hydrogen-bond donors (Lipinski definition) is 2. The molecule has 0 atom stereocenters. The lowest BCUT2D eigenvalue weighted by Gasteiger charge is -2.06. The second-order valence-electron chi connectivity index (χ2n) is 3.39. The number of thiophene rings is 1. The summed E-state index contributed by atoms with van der Waals surface area (Å²) in [5.74, 6) is -1.42. The molecule has 0 saturated heterocycles. The molecule has 0 saturated carbocycles. The standard InChI is InChI=1S/C11H14N2O4S/c1-2-4-10(15)17-7-9(14)12-13-11(16)8-5-3-6-18-8/h3,5-6H,2,4,7H2,1H3,(H,12,14)(H,13,16). The summed E-state index contributed by atoms with van der Waals surface area (Å²) in [6, 6.07) is 3.36. The molecule has 2 amide bonds. The fourth-order valence-corrected chi connectivity index (χ4v) is 1.67. The van der Waals surface area contributed by atoms with E-state index in [4.69, 9.17) is 0 Å². The molecule has 0 aliphatic carbocycles. The predicted octanol–water partition coefficient (Wildman–Crippen LogP) is 0.852. The average Bonchev–Trinajstić information content (AvgIpc) is 2.87. The third kappa shape index (κ3) is 4.96. The maximum atomic E-state index is 11.4. The fourth-order valence-electron chi connectivity index (χ4n) is 1.05. The number of esters is 1. The molecule has 2 N–H and O–H groups in total. The van der Waals surface area contributed by atoms with Crippen molar-refractivity contribution in [2.45, 2.75) is 19.8 Å². The van der Waals surface area contributed by atoms with E-state index in [2.05, 4.69) is 15.6 Å². The van der Waals surface area contributed by atoms with Crippen LogP contribution in [0.15, 0.2) is 17.5 Å². The lowest BCUT2D eigenvalue weighted by molar-refractivity contribution is -0.148. The number of ether oxygens (including phenoxy) is 1. The molecule has 98 valence electrons. The molecular weight excluding hydrogens is 256 g/mol. The summed E-state index contributed by atoms with van der Waals surface area (Å²) in [6.45, 7) is 1.44. The highest BCUT2D eigenvalue weighted by atomic mass is 32.1. The van der Waals surface area contributed by atoms with Crippen LogP contribution >= 0.6 is 11.3 Å². The highest BCUT2D eigenvalue weighted by Crippen LogP contribution is 2.06. The summed E-state index contributed by atoms with van der Waals surface area (Å²) < 4.78 is 4.67. The van der Waals surface area contributed by atoms with Crippen molar-refractivity contribution in [3.05, 3.63) is 22.4 Å². The molecule has 1 rings (SSSR count). The molecule has 0 aliphatic heterocycles. The van der Waals surface area contributed by atoms with Gasteiger partial charge < -0.3 is 4.74 Å². The first kappa shape index (κ1) is 14.2. The Kier molecular flexibility index (Phi) is 5.86. The Morgan fingerprint density at radius 2 is 2.11 bits per heavy atom. The van der Waals surface area contributed by atoms with Crippen molar-refractivity contribution in [2.24, 2.45) is 0 Å². The molecule has 6 nitrogen and oxygen atoms in total. The number of hydrogen-bond acceptors (Lipinski definition) is 5. The Hall–Kier alpha value is -1.89. The Bertz CT molecular complexity index is 417. The van der Waals surface area contributed by atoms with Crippen LogP contribution in [0.1, 0.15) is 29.4 Å². The lowest BCUT2D eigenvalue weighted by atomic mass is 10.3. The Morgan fingerprint density at radius 1 is 1.33 bits per heavy atom. The first-order valence-corrected chi connectivity index (χ1v) is 6.29. The predicted molar refractivity (Wildman–Crippen MR) is 65.8 cm³/mol. The smallest absolute Gasteiger partial charge is 0.306 e. The minimum absolute atomic E-state index is 0.273. The summed E-state index contributed by atoms with van der Waals surface area (Å²) in [5.41, 5.74) is 4.38. The van der Waals surface area contributed by atoms with Crippen LogP contribution in [0.2, 0.25) is 0 Å². The zero-order valence-electron chi connectivity index (χ0n) is 9.89. The van der Waals surface area contributed by atoms with Crippen molar-refractivity contribution in [1.29, 1.82) is 0 Å². The summed E-state index contributed by atoms with van der Waals surface area (Å²) in [4.78, 5) is 34.1. The lowest BCUT2D eigenvalue weighted by Crippen LogP contribution is -2.43. The average molecular weight is 270 g/mol. The number of carbonyl (C=O) groups is 3. The molecule has 0 radical (unpaired) electrons. The SMILES string of the molecule is CCCC(=O)OCC(=O)NNC(=O)c1cccs1. The molecule has 0 aliphatic rings. The van der Waals surface area contributed by atoms with Gasteiger partial charge in [0.15, 0.2) is 6.61 Å². The molecule has 1 aromatic rings. The van der Waals surface area contributed by atoms with Gasteiger partial charge in [0.25, 0.3) is 11.8 Å². The van der Waals surface area contributed by atoms with Crippen LogP contribution in [0, 0.1) is 0 Å². The van der Waals surface area contributed by atoms with E-state index in [1.165, 1.54) is 11.3 Å². The van der Waals surface area contributed by atoms with E-state index in [1.807, 2.05) is 6.92 Å². The van der Waals surface area contributed by atoms with Gasteiger partial charge in [0, 0.05) is 6.42 Å². The number of carbonyl (C=O) groups excluding carboxylic acids is 3. The third-order valence-electron chi connectivity index (χ3n) is 1.88. The van der Waals surface area contributed by atoms with Crippen molar-refractivity contribution in [3.63, 3.8) is 0 Å². The molecule has 0 aromatic carbocycles. The first-order chi connectivity index (χ1) is 8.63. The Balaban J connectivity index is 2.21. The van der Waals surface area contributed by atoms with Crippen LogP contribution < -0.4 is 10.9 Å². The highest BCUT2D eigenvalue weighted by molar-refractivity contribution is 7.12. The van der Waals surface area contributed by atoms with Crippen molar-refractivity contribution in [1.82, 2.24) is 10.9 Å². The molecule has 18 heavy (non-hydrogen) atoms. The van der Waals surface area contributed by atoms with E-state index in [1.54, 1.807) is 17.5 Å². The van der Waals surface area contributed by atoms with E-state index in [0.717, 1.165) is 0 Å². The van der Waals surface area contributed by atoms with Gasteiger partial charge >= 0.3 is 5.97 Å². The number of nitrogens with one attached hydrogen (secondary N) is 2. The van der Waals surface area contributed by atoms with Gasteiger partial charge in [0.2, 0.25) is 0 Å². The van der Waals surface area contributed by atoms with E-state index in [0.29, 0.717) is 11.3 Å². The Morgan fingerprint density at radius 3 is 2.72 bits per heavy atom. The van der Waals surface area contributed by atoms with Gasteiger partial charge in [-0.25, -0.2) is 0 Å². The van der Waals surface area contributed by atoms with Gasteiger partial charge in [-0.05, 0) is 17.9 Å². The van der Waals surface area contributed by atoms with Crippen LogP contribution in [0.3, 0.4) is 0 Å². The molecule has 7 heteroatoms. The summed E-state index contributed by atoms with van der Waals surface area (Å²) >= 11 is 1.26. The van der Waals surface area contributed by atoms with Gasteiger partial charge in [-0.2, -0.15) is 0 Å². The molecular formula is C11H14N2O4S. The van der Waals surface area contributed by atoms with Gasteiger partial charge in [-0.1, -0.05) is 13.0 Å². The van der Waals surface area contributed by atoms with Crippen LogP contribution in [0.4, 0.5) is 0 Å². The molecule has 0 unspecified atom stereocenters. The maximum absolute atomic E-state index is 11.4. The van der Waals surface area contributed by atoms with Crippen molar-refractivity contribution >= 4 is 29.1 Å². The summed E-state index contributed by atoms with van der Waals surface area (Å²) in [5, 5.41) is 1.75. The minimum atomic E-state index is -0.579. The van der Waals surface area contributed by atoms with Gasteiger partial charge in [0.1, 0.15) is 0 Å². The molecule has 0 fully saturated rings. The van der Waals surface area contributed by atoms with E-state index in [9.17, 15) is 14.4 Å². The number of hydrazine groups is 1. The van der Waals surface area contributed by atoms with E-state index < -0.39 is 24.4 Å². The molecule has 1 heterocycles. The van der Waals surface area contributed by atoms with Crippen molar-refractivity contribution in [3.8, 4) is 0 Å². The molecule has 1 aromatic heterocycles. The summed E-state index contributed by atoms with van der Waals surface area (Å²) in [7, 11) is 0. The van der Waals surface area contributed by atoms with Crippen molar-refractivity contribution in [2.75, 3.05) is 6.61 Å². The van der Waals surface area contributed by atoms with Crippen LogP contribution in [0.5, 0.6) is 0 Å². The zero-order chi connectivity index (χ0) is 13.4. The van der Waals surface area contributed by atoms with E-state index in [-0.39, 0.29) is 6.42 Å². The fraction of sp³-hybridized carbons (Fsp3) is 0.364. The second kappa shape index (κ2) is 7.44. The second-order valence-corrected chi connectivity index (χ2v) is 4.34. The molecule has 0 spiro atoms. The minimum Gasteiger partial charge on any atom is -0.455 e. The normalized spacial score (nSPS) is 9.61. The van der Waals surface area contributed by atoms with Crippen LogP contribution in [0.25, 0.3) is 0 Å². The number of amides is 2. The largest absolute Gasteiger partial charge is 0.455 e. The topological polar surface area (TPSA) is 84.5 Å². The van der Waals surface area contributed by atoms with Gasteiger partial charge in [-0.15, -0.1) is 11.3 Å². The highest BCUT2D eigenvalue weighted by Gasteiger charge is 2.09. The first-order valence-electron chi connectivity index (χ1n) is 5.41. The van der Waals surface area contributed by atoms with Crippen molar-refractivity contribution < 1.29 is 19.1 Å². The molecule has 0 bridgehead atoms. The van der Waals surface area contributed by atoms with Crippen LogP contribution in [-0.4, -0.2) is 24.4 Å². The Labute approximate surface area is 108 Å². The van der Waals surface area contributed by atoms with Gasteiger partial charge in [0.05, 0.1) is 4.88 Å². The third-order valence-corrected chi connectivity index (χ3v) is 2.75. The monoisotopic (exact) mass is 270 g/mol. The summed E-state index contributed by atoms with van der Waals surface area (Å²) in [6.07, 6.45) is 0.935. The van der Waals surface area contributed by atoms with Gasteiger partial charge in [-0.3, -0.25) is 25.2 Å². The number of rotatable bonds is 5.